The minimum Gasteiger partial charge on any atom is -0.366 e. The molecule has 0 radical (unpaired) electrons. The van der Waals surface area contributed by atoms with Gasteiger partial charge in [0.25, 0.3) is 5.91 Å². The molecule has 0 saturated heterocycles. The van der Waals surface area contributed by atoms with Crippen molar-refractivity contribution < 1.29 is 22.8 Å². The van der Waals surface area contributed by atoms with Crippen LogP contribution in [0.15, 0.2) is 42.5 Å². The molecule has 0 fully saturated rings. The molecule has 4 nitrogen and oxygen atoms in total. The normalized spacial score (nSPS) is 11.1. The number of carbonyl (C=O) groups is 2. The van der Waals surface area contributed by atoms with E-state index in [4.69, 9.17) is 5.73 Å². The molecule has 23 heavy (non-hydrogen) atoms. The number of alkyl halides is 3. The van der Waals surface area contributed by atoms with Crippen LogP contribution in [0.25, 0.3) is 11.1 Å². The maximum absolute atomic E-state index is 13.1. The Balaban J connectivity index is 2.72. The lowest BCUT2D eigenvalue weighted by molar-refractivity contribution is -0.137. The SMILES string of the molecule is CNC(=O)c1cc(-c2ccccc2C(N)=O)cc(C(F)(F)F)c1. The molecule has 2 rings (SSSR count). The molecule has 2 amide bonds. The molecule has 7 heteroatoms. The molecular formula is C16H13F3N2O2. The van der Waals surface area contributed by atoms with Gasteiger partial charge in [0, 0.05) is 18.2 Å². The molecule has 0 aliphatic carbocycles. The van der Waals surface area contributed by atoms with Crippen molar-refractivity contribution in [3.05, 3.63) is 59.2 Å². The molecule has 0 heterocycles. The first-order valence-electron chi connectivity index (χ1n) is 6.57. The van der Waals surface area contributed by atoms with E-state index in [0.29, 0.717) is 0 Å². The first-order valence-corrected chi connectivity index (χ1v) is 6.57. The number of carbonyl (C=O) groups excluding carboxylic acids is 2. The summed E-state index contributed by atoms with van der Waals surface area (Å²) in [6.45, 7) is 0. The van der Waals surface area contributed by atoms with E-state index in [1.165, 1.54) is 25.2 Å². The molecule has 120 valence electrons. The van der Waals surface area contributed by atoms with Crippen LogP contribution in [0.2, 0.25) is 0 Å². The predicted molar refractivity (Wildman–Crippen MR) is 78.8 cm³/mol. The largest absolute Gasteiger partial charge is 0.416 e. The Labute approximate surface area is 130 Å². The Hall–Kier alpha value is -2.83. The molecule has 0 aromatic heterocycles. The zero-order valence-corrected chi connectivity index (χ0v) is 12.1. The summed E-state index contributed by atoms with van der Waals surface area (Å²) < 4.78 is 39.2. The lowest BCUT2D eigenvalue weighted by Gasteiger charge is -2.13. The molecule has 2 aromatic carbocycles. The number of halogens is 3. The summed E-state index contributed by atoms with van der Waals surface area (Å²) >= 11 is 0. The summed E-state index contributed by atoms with van der Waals surface area (Å²) in [6.07, 6.45) is -4.62. The first kappa shape index (κ1) is 16.5. The van der Waals surface area contributed by atoms with Gasteiger partial charge in [-0.05, 0) is 35.4 Å². The number of hydrogen-bond acceptors (Lipinski definition) is 2. The Morgan fingerprint density at radius 3 is 2.30 bits per heavy atom. The monoisotopic (exact) mass is 322 g/mol. The fourth-order valence-corrected chi connectivity index (χ4v) is 2.17. The fraction of sp³-hybridized carbons (Fsp3) is 0.125. The van der Waals surface area contributed by atoms with Crippen LogP contribution >= 0.6 is 0 Å². The third-order valence-electron chi connectivity index (χ3n) is 3.25. The number of benzene rings is 2. The van der Waals surface area contributed by atoms with Gasteiger partial charge in [0.05, 0.1) is 5.56 Å². The third-order valence-corrected chi connectivity index (χ3v) is 3.25. The number of rotatable bonds is 3. The molecule has 0 unspecified atom stereocenters. The minimum atomic E-state index is -4.62. The molecule has 0 aliphatic heterocycles. The smallest absolute Gasteiger partial charge is 0.366 e. The highest BCUT2D eigenvalue weighted by molar-refractivity contribution is 6.01. The van der Waals surface area contributed by atoms with Crippen molar-refractivity contribution in [2.24, 2.45) is 5.73 Å². The summed E-state index contributed by atoms with van der Waals surface area (Å²) in [5.41, 5.74) is 4.53. The highest BCUT2D eigenvalue weighted by Crippen LogP contribution is 2.34. The standard InChI is InChI=1S/C16H13F3N2O2/c1-21-15(23)10-6-9(7-11(8-10)16(17,18)19)12-4-2-3-5-13(12)14(20)22/h2-8H,1H3,(H2,20,22)(H,21,23). The maximum atomic E-state index is 13.1. The van der Waals surface area contributed by atoms with Crippen LogP contribution < -0.4 is 11.1 Å². The van der Waals surface area contributed by atoms with Gasteiger partial charge in [0.15, 0.2) is 0 Å². The Morgan fingerprint density at radius 1 is 1.09 bits per heavy atom. The van der Waals surface area contributed by atoms with E-state index in [2.05, 4.69) is 5.32 Å². The van der Waals surface area contributed by atoms with E-state index >= 15 is 0 Å². The first-order chi connectivity index (χ1) is 10.7. The maximum Gasteiger partial charge on any atom is 0.416 e. The topological polar surface area (TPSA) is 72.2 Å². The number of nitrogens with one attached hydrogen (secondary N) is 1. The van der Waals surface area contributed by atoms with Gasteiger partial charge in [-0.3, -0.25) is 9.59 Å². The van der Waals surface area contributed by atoms with Crippen LogP contribution in [0.3, 0.4) is 0 Å². The van der Waals surface area contributed by atoms with E-state index in [0.717, 1.165) is 12.1 Å². The second-order valence-electron chi connectivity index (χ2n) is 4.79. The molecule has 0 atom stereocenters. The number of nitrogens with two attached hydrogens (primary N) is 1. The summed E-state index contributed by atoms with van der Waals surface area (Å²) in [5.74, 6) is -1.42. The van der Waals surface area contributed by atoms with Crippen molar-refractivity contribution >= 4 is 11.8 Å². The molecule has 0 bridgehead atoms. The second-order valence-corrected chi connectivity index (χ2v) is 4.79. The van der Waals surface area contributed by atoms with Crippen molar-refractivity contribution in [1.29, 1.82) is 0 Å². The molecule has 3 N–H and O–H groups in total. The quantitative estimate of drug-likeness (QED) is 0.912. The number of amides is 2. The van der Waals surface area contributed by atoms with Gasteiger partial charge in [0.1, 0.15) is 0 Å². The molecule has 0 aliphatic rings. The highest BCUT2D eigenvalue weighted by atomic mass is 19.4. The summed E-state index contributed by atoms with van der Waals surface area (Å²) in [6, 6.07) is 8.94. The average molecular weight is 322 g/mol. The van der Waals surface area contributed by atoms with Gasteiger partial charge in [-0.15, -0.1) is 0 Å². The molecular weight excluding hydrogens is 309 g/mol. The van der Waals surface area contributed by atoms with Gasteiger partial charge < -0.3 is 11.1 Å². The molecule has 2 aromatic rings. The van der Waals surface area contributed by atoms with Gasteiger partial charge >= 0.3 is 6.18 Å². The van der Waals surface area contributed by atoms with Crippen LogP contribution in [-0.4, -0.2) is 18.9 Å². The van der Waals surface area contributed by atoms with Crippen molar-refractivity contribution in [3.63, 3.8) is 0 Å². The lowest BCUT2D eigenvalue weighted by Crippen LogP contribution is -2.19. The summed E-state index contributed by atoms with van der Waals surface area (Å²) in [7, 11) is 1.32. The predicted octanol–water partition coefficient (Wildman–Crippen LogP) is 2.83. The lowest BCUT2D eigenvalue weighted by atomic mass is 9.95. The zero-order chi connectivity index (χ0) is 17.2. The average Bonchev–Trinajstić information content (AvgIpc) is 2.52. The zero-order valence-electron chi connectivity index (χ0n) is 12.1. The third kappa shape index (κ3) is 3.50. The minimum absolute atomic E-state index is 0.0784. The Kier molecular flexibility index (Phi) is 4.40. The molecule has 0 saturated carbocycles. The van der Waals surface area contributed by atoms with E-state index in [9.17, 15) is 22.8 Å². The van der Waals surface area contributed by atoms with Crippen molar-refractivity contribution in [1.82, 2.24) is 5.32 Å². The van der Waals surface area contributed by atoms with Gasteiger partial charge in [-0.1, -0.05) is 18.2 Å². The van der Waals surface area contributed by atoms with Crippen LogP contribution in [0.1, 0.15) is 26.3 Å². The fourth-order valence-electron chi connectivity index (χ4n) is 2.17. The molecule has 0 spiro atoms. The Morgan fingerprint density at radius 2 is 1.74 bits per heavy atom. The number of hydrogen-bond donors (Lipinski definition) is 2. The van der Waals surface area contributed by atoms with Crippen LogP contribution in [-0.2, 0) is 6.18 Å². The van der Waals surface area contributed by atoms with Crippen LogP contribution in [0.5, 0.6) is 0 Å². The number of primary amides is 1. The Bertz CT molecular complexity index is 770. The summed E-state index contributed by atoms with van der Waals surface area (Å²) in [5, 5.41) is 2.28. The van der Waals surface area contributed by atoms with Gasteiger partial charge in [0.2, 0.25) is 5.91 Å². The van der Waals surface area contributed by atoms with Crippen molar-refractivity contribution in [2.45, 2.75) is 6.18 Å². The second kappa shape index (κ2) is 6.12. The van der Waals surface area contributed by atoms with E-state index in [1.54, 1.807) is 12.1 Å². The van der Waals surface area contributed by atoms with Crippen LogP contribution in [0, 0.1) is 0 Å². The van der Waals surface area contributed by atoms with Crippen molar-refractivity contribution in [3.8, 4) is 11.1 Å². The van der Waals surface area contributed by atoms with Gasteiger partial charge in [-0.25, -0.2) is 0 Å². The van der Waals surface area contributed by atoms with Crippen molar-refractivity contribution in [2.75, 3.05) is 7.05 Å². The van der Waals surface area contributed by atoms with Gasteiger partial charge in [-0.2, -0.15) is 13.2 Å². The van der Waals surface area contributed by atoms with E-state index < -0.39 is 23.6 Å². The van der Waals surface area contributed by atoms with E-state index in [-0.39, 0.29) is 22.3 Å². The summed E-state index contributed by atoms with van der Waals surface area (Å²) in [4.78, 5) is 23.2. The van der Waals surface area contributed by atoms with E-state index in [1.807, 2.05) is 0 Å². The highest BCUT2D eigenvalue weighted by Gasteiger charge is 2.32. The van der Waals surface area contributed by atoms with Crippen LogP contribution in [0.4, 0.5) is 13.2 Å².